The number of unbranched alkanes of at least 4 members (excludes halogenated alkanes) is 5. The topological polar surface area (TPSA) is 50.1 Å². The molecular weight excluding hydrogens is 310 g/mol. The first-order valence-electron chi connectivity index (χ1n) is 9.04. The van der Waals surface area contributed by atoms with Crippen molar-refractivity contribution in [2.45, 2.75) is 51.9 Å². The summed E-state index contributed by atoms with van der Waals surface area (Å²) in [5, 5.41) is 8.77. The van der Waals surface area contributed by atoms with Crippen LogP contribution in [0.2, 0.25) is 0 Å². The van der Waals surface area contributed by atoms with Gasteiger partial charge in [-0.25, -0.2) is 4.79 Å². The normalized spacial score (nSPS) is 10.2. The fourth-order valence-corrected chi connectivity index (χ4v) is 2.68. The zero-order valence-corrected chi connectivity index (χ0v) is 14.8. The minimum absolute atomic E-state index is 0.379. The van der Waals surface area contributed by atoms with Gasteiger partial charge in [0.25, 0.3) is 0 Å². The third-order valence-electron chi connectivity index (χ3n) is 4.20. The van der Waals surface area contributed by atoms with E-state index < -0.39 is 0 Å². The van der Waals surface area contributed by atoms with E-state index in [1.165, 1.54) is 44.1 Å². The second-order valence-corrected chi connectivity index (χ2v) is 6.24. The molecular formula is C22H25NO2. The average molecular weight is 335 g/mol. The van der Waals surface area contributed by atoms with Crippen LogP contribution in [0.4, 0.5) is 0 Å². The quantitative estimate of drug-likeness (QED) is 0.336. The summed E-state index contributed by atoms with van der Waals surface area (Å²) in [4.78, 5) is 12.2. The molecule has 0 aromatic heterocycles. The second kappa shape index (κ2) is 10.3. The summed E-state index contributed by atoms with van der Waals surface area (Å²) in [6.07, 6.45) is 8.76. The lowest BCUT2D eigenvalue weighted by Gasteiger charge is -2.06. The Morgan fingerprint density at radius 3 is 2.20 bits per heavy atom. The van der Waals surface area contributed by atoms with Crippen molar-refractivity contribution >= 4 is 5.97 Å². The van der Waals surface area contributed by atoms with E-state index in [4.69, 9.17) is 10.00 Å². The van der Waals surface area contributed by atoms with Crippen LogP contribution in [0.5, 0.6) is 5.75 Å². The lowest BCUT2D eigenvalue weighted by molar-refractivity contribution is 0.0734. The van der Waals surface area contributed by atoms with Crippen LogP contribution in [0.15, 0.2) is 48.5 Å². The zero-order chi connectivity index (χ0) is 17.9. The number of esters is 1. The number of ether oxygens (including phenoxy) is 1. The van der Waals surface area contributed by atoms with E-state index in [1.54, 1.807) is 24.3 Å². The van der Waals surface area contributed by atoms with Gasteiger partial charge in [0, 0.05) is 0 Å². The molecule has 0 bridgehead atoms. The number of carbonyl (C=O) groups is 1. The fourth-order valence-electron chi connectivity index (χ4n) is 2.68. The largest absolute Gasteiger partial charge is 0.423 e. The molecule has 0 atom stereocenters. The van der Waals surface area contributed by atoms with Crippen LogP contribution in [-0.4, -0.2) is 5.97 Å². The number of rotatable bonds is 9. The smallest absolute Gasteiger partial charge is 0.343 e. The van der Waals surface area contributed by atoms with Gasteiger partial charge in [0.2, 0.25) is 0 Å². The average Bonchev–Trinajstić information content (AvgIpc) is 2.65. The van der Waals surface area contributed by atoms with Crippen molar-refractivity contribution in [2.75, 3.05) is 0 Å². The number of nitrogens with zero attached hydrogens (tertiary/aromatic N) is 1. The molecule has 0 heterocycles. The third-order valence-corrected chi connectivity index (χ3v) is 4.20. The van der Waals surface area contributed by atoms with Gasteiger partial charge < -0.3 is 4.74 Å². The highest BCUT2D eigenvalue weighted by atomic mass is 16.5. The predicted octanol–water partition coefficient (Wildman–Crippen LogP) is 5.68. The molecule has 25 heavy (non-hydrogen) atoms. The summed E-state index contributed by atoms with van der Waals surface area (Å²) in [7, 11) is 0. The monoisotopic (exact) mass is 335 g/mol. The van der Waals surface area contributed by atoms with Gasteiger partial charge in [-0.3, -0.25) is 0 Å². The van der Waals surface area contributed by atoms with E-state index >= 15 is 0 Å². The second-order valence-electron chi connectivity index (χ2n) is 6.24. The first-order valence-corrected chi connectivity index (χ1v) is 9.04. The van der Waals surface area contributed by atoms with Crippen LogP contribution in [0.1, 0.15) is 66.9 Å². The van der Waals surface area contributed by atoms with Crippen molar-refractivity contribution in [2.24, 2.45) is 0 Å². The first-order chi connectivity index (χ1) is 12.2. The summed E-state index contributed by atoms with van der Waals surface area (Å²) in [5.41, 5.74) is 2.33. The summed E-state index contributed by atoms with van der Waals surface area (Å²) in [6, 6.07) is 16.2. The lowest BCUT2D eigenvalue weighted by Crippen LogP contribution is -2.08. The molecule has 0 amide bonds. The minimum atomic E-state index is -0.379. The summed E-state index contributed by atoms with van der Waals surface area (Å²) >= 11 is 0. The van der Waals surface area contributed by atoms with E-state index in [0.29, 0.717) is 16.9 Å². The highest BCUT2D eigenvalue weighted by Gasteiger charge is 2.08. The van der Waals surface area contributed by atoms with Crippen molar-refractivity contribution in [3.8, 4) is 11.8 Å². The van der Waals surface area contributed by atoms with Crippen LogP contribution in [0.3, 0.4) is 0 Å². The van der Waals surface area contributed by atoms with Crippen molar-refractivity contribution < 1.29 is 9.53 Å². The zero-order valence-electron chi connectivity index (χ0n) is 14.8. The Hall–Kier alpha value is -2.60. The molecule has 0 unspecified atom stereocenters. The molecule has 3 nitrogen and oxygen atoms in total. The van der Waals surface area contributed by atoms with Gasteiger partial charge in [-0.05, 0) is 54.8 Å². The van der Waals surface area contributed by atoms with E-state index in [9.17, 15) is 4.79 Å². The van der Waals surface area contributed by atoms with E-state index in [-0.39, 0.29) is 5.97 Å². The summed E-state index contributed by atoms with van der Waals surface area (Å²) in [6.45, 7) is 2.23. The maximum Gasteiger partial charge on any atom is 0.343 e. The standard InChI is InChI=1S/C22H25NO2/c1-2-3-4-5-6-7-8-18-9-13-20(14-10-18)22(24)25-21-15-11-19(17-23)12-16-21/h9-16H,2-8H2,1H3. The van der Waals surface area contributed by atoms with Crippen molar-refractivity contribution in [1.82, 2.24) is 0 Å². The Morgan fingerprint density at radius 1 is 0.920 bits per heavy atom. The number of aryl methyl sites for hydroxylation is 1. The van der Waals surface area contributed by atoms with E-state index in [2.05, 4.69) is 6.92 Å². The fraction of sp³-hybridized carbons (Fsp3) is 0.364. The molecule has 0 spiro atoms. The number of hydrogen-bond donors (Lipinski definition) is 0. The maximum atomic E-state index is 12.2. The van der Waals surface area contributed by atoms with Gasteiger partial charge in [0.05, 0.1) is 17.2 Å². The Kier molecular flexibility index (Phi) is 7.72. The van der Waals surface area contributed by atoms with Crippen LogP contribution < -0.4 is 4.74 Å². The number of carbonyl (C=O) groups excluding carboxylic acids is 1. The van der Waals surface area contributed by atoms with Gasteiger partial charge in [-0.1, -0.05) is 51.2 Å². The molecule has 0 saturated carbocycles. The van der Waals surface area contributed by atoms with E-state index in [0.717, 1.165) is 6.42 Å². The molecule has 130 valence electrons. The Balaban J connectivity index is 1.80. The summed E-state index contributed by atoms with van der Waals surface area (Å²) in [5.74, 6) is 0.0657. The van der Waals surface area contributed by atoms with E-state index in [1.807, 2.05) is 30.3 Å². The molecule has 0 aliphatic rings. The molecule has 0 saturated heterocycles. The lowest BCUT2D eigenvalue weighted by atomic mass is 10.0. The molecule has 0 aliphatic heterocycles. The third kappa shape index (κ3) is 6.43. The molecule has 3 heteroatoms. The minimum Gasteiger partial charge on any atom is -0.423 e. The van der Waals surface area contributed by atoms with Crippen molar-refractivity contribution in [3.63, 3.8) is 0 Å². The Bertz CT molecular complexity index is 696. The molecule has 2 aromatic rings. The number of benzene rings is 2. The van der Waals surface area contributed by atoms with Crippen molar-refractivity contribution in [3.05, 3.63) is 65.2 Å². The number of nitriles is 1. The predicted molar refractivity (Wildman–Crippen MR) is 99.6 cm³/mol. The van der Waals surface area contributed by atoms with Gasteiger partial charge in [-0.2, -0.15) is 5.26 Å². The maximum absolute atomic E-state index is 12.2. The van der Waals surface area contributed by atoms with Crippen LogP contribution in [-0.2, 0) is 6.42 Å². The van der Waals surface area contributed by atoms with Gasteiger partial charge in [0.1, 0.15) is 5.75 Å². The molecule has 0 N–H and O–H groups in total. The molecule has 2 rings (SSSR count). The van der Waals surface area contributed by atoms with Gasteiger partial charge in [0.15, 0.2) is 0 Å². The SMILES string of the molecule is CCCCCCCCc1ccc(C(=O)Oc2ccc(C#N)cc2)cc1. The summed E-state index contributed by atoms with van der Waals surface area (Å²) < 4.78 is 5.33. The van der Waals surface area contributed by atoms with Crippen LogP contribution in [0, 0.1) is 11.3 Å². The molecule has 2 aromatic carbocycles. The van der Waals surface area contributed by atoms with Crippen LogP contribution in [0.25, 0.3) is 0 Å². The highest BCUT2D eigenvalue weighted by Crippen LogP contribution is 2.15. The number of hydrogen-bond acceptors (Lipinski definition) is 3. The van der Waals surface area contributed by atoms with Gasteiger partial charge in [-0.15, -0.1) is 0 Å². The van der Waals surface area contributed by atoms with Crippen LogP contribution >= 0.6 is 0 Å². The highest BCUT2D eigenvalue weighted by molar-refractivity contribution is 5.91. The molecule has 0 radical (unpaired) electrons. The first kappa shape index (κ1) is 18.7. The van der Waals surface area contributed by atoms with Crippen molar-refractivity contribution in [1.29, 1.82) is 5.26 Å². The molecule has 0 aliphatic carbocycles. The van der Waals surface area contributed by atoms with Gasteiger partial charge >= 0.3 is 5.97 Å². The Labute approximate surface area is 150 Å². The molecule has 0 fully saturated rings. The Morgan fingerprint density at radius 2 is 1.56 bits per heavy atom.